The summed E-state index contributed by atoms with van der Waals surface area (Å²) in [5.41, 5.74) is 5.37. The zero-order valence-corrected chi connectivity index (χ0v) is 11.1. The lowest BCUT2D eigenvalue weighted by atomic mass is 10.3. The van der Waals surface area contributed by atoms with Gasteiger partial charge in [0.25, 0.3) is 0 Å². The van der Waals surface area contributed by atoms with Crippen LogP contribution < -0.4 is 10.6 Å². The van der Waals surface area contributed by atoms with E-state index in [-0.39, 0.29) is 11.6 Å². The van der Waals surface area contributed by atoms with Gasteiger partial charge in [0.15, 0.2) is 23.3 Å². The first-order valence-electron chi connectivity index (χ1n) is 5.97. The Labute approximate surface area is 106 Å². The van der Waals surface area contributed by atoms with Gasteiger partial charge in [0.05, 0.1) is 0 Å². The van der Waals surface area contributed by atoms with Crippen LogP contribution in [0.4, 0.5) is 20.4 Å². The molecule has 0 amide bonds. The van der Waals surface area contributed by atoms with Gasteiger partial charge in [0.1, 0.15) is 0 Å². The number of nitrogens with two attached hydrogens (primary N) is 1. The maximum Gasteiger partial charge on any atom is 0.168 e. The highest BCUT2D eigenvalue weighted by molar-refractivity contribution is 5.47. The summed E-state index contributed by atoms with van der Waals surface area (Å²) in [5.74, 6) is -1.64. The molecule has 0 bridgehead atoms. The third kappa shape index (κ3) is 3.80. The average molecular weight is 258 g/mol. The number of halogens is 2. The van der Waals surface area contributed by atoms with Gasteiger partial charge in [-0.15, -0.1) is 0 Å². The summed E-state index contributed by atoms with van der Waals surface area (Å²) < 4.78 is 26.7. The van der Waals surface area contributed by atoms with Gasteiger partial charge in [-0.3, -0.25) is 0 Å². The fourth-order valence-electron chi connectivity index (χ4n) is 1.68. The zero-order chi connectivity index (χ0) is 13.7. The van der Waals surface area contributed by atoms with Crippen LogP contribution in [0.3, 0.4) is 0 Å². The molecule has 1 heterocycles. The molecular formula is C12H20F2N4. The minimum absolute atomic E-state index is 0.121. The molecular weight excluding hydrogens is 238 g/mol. The Kier molecular flexibility index (Phi) is 5.27. The molecule has 0 saturated heterocycles. The standard InChI is InChI=1S/C12H20F2N4/c1-4-18(7-5-6-17(2)3)12-10(14)8-9(13)11(15)16-12/h8H,4-7H2,1-3H3,(H2,15,16). The number of nitrogens with zero attached hydrogens (tertiary/aromatic N) is 3. The summed E-state index contributed by atoms with van der Waals surface area (Å²) in [7, 11) is 3.95. The number of aromatic nitrogens is 1. The SMILES string of the molecule is CCN(CCCN(C)C)c1nc(N)c(F)cc1F. The fourth-order valence-corrected chi connectivity index (χ4v) is 1.68. The van der Waals surface area contributed by atoms with E-state index in [1.54, 1.807) is 4.90 Å². The molecule has 6 heteroatoms. The van der Waals surface area contributed by atoms with Gasteiger partial charge in [0.2, 0.25) is 0 Å². The van der Waals surface area contributed by atoms with Crippen LogP contribution >= 0.6 is 0 Å². The van der Waals surface area contributed by atoms with Gasteiger partial charge in [-0.05, 0) is 34.0 Å². The highest BCUT2D eigenvalue weighted by Gasteiger charge is 2.15. The summed E-state index contributed by atoms with van der Waals surface area (Å²) in [5, 5.41) is 0. The van der Waals surface area contributed by atoms with Crippen LogP contribution in [-0.2, 0) is 0 Å². The van der Waals surface area contributed by atoms with Gasteiger partial charge in [-0.1, -0.05) is 0 Å². The molecule has 0 aliphatic rings. The summed E-state index contributed by atoms with van der Waals surface area (Å²) in [4.78, 5) is 7.59. The molecule has 102 valence electrons. The molecule has 4 nitrogen and oxygen atoms in total. The number of hydrogen-bond acceptors (Lipinski definition) is 4. The average Bonchev–Trinajstić information content (AvgIpc) is 2.30. The minimum atomic E-state index is -0.819. The van der Waals surface area contributed by atoms with E-state index in [1.807, 2.05) is 21.0 Å². The molecule has 2 N–H and O–H groups in total. The first-order valence-corrected chi connectivity index (χ1v) is 5.97. The molecule has 0 unspecified atom stereocenters. The predicted octanol–water partition coefficient (Wildman–Crippen LogP) is 1.72. The quantitative estimate of drug-likeness (QED) is 0.844. The molecule has 0 saturated carbocycles. The van der Waals surface area contributed by atoms with E-state index in [1.165, 1.54) is 0 Å². The van der Waals surface area contributed by atoms with E-state index >= 15 is 0 Å². The molecule has 18 heavy (non-hydrogen) atoms. The lowest BCUT2D eigenvalue weighted by Crippen LogP contribution is -2.29. The Morgan fingerprint density at radius 2 is 1.89 bits per heavy atom. The number of rotatable bonds is 6. The van der Waals surface area contributed by atoms with Crippen LogP contribution in [0.1, 0.15) is 13.3 Å². The molecule has 0 aliphatic carbocycles. The molecule has 1 rings (SSSR count). The van der Waals surface area contributed by atoms with Crippen LogP contribution in [0.25, 0.3) is 0 Å². The van der Waals surface area contributed by atoms with E-state index < -0.39 is 11.6 Å². The molecule has 0 atom stereocenters. The van der Waals surface area contributed by atoms with Crippen molar-refractivity contribution in [2.45, 2.75) is 13.3 Å². The van der Waals surface area contributed by atoms with E-state index in [0.717, 1.165) is 19.0 Å². The molecule has 1 aromatic rings. The number of hydrogen-bond donors (Lipinski definition) is 1. The summed E-state index contributed by atoms with van der Waals surface area (Å²) in [6.45, 7) is 4.05. The smallest absolute Gasteiger partial charge is 0.168 e. The van der Waals surface area contributed by atoms with Crippen molar-refractivity contribution in [2.24, 2.45) is 0 Å². The van der Waals surface area contributed by atoms with Crippen LogP contribution in [-0.4, -0.2) is 43.6 Å². The normalized spacial score (nSPS) is 11.0. The topological polar surface area (TPSA) is 45.4 Å². The Bertz CT molecular complexity index is 396. The highest BCUT2D eigenvalue weighted by atomic mass is 19.1. The molecule has 1 aromatic heterocycles. The Balaban J connectivity index is 2.78. The number of nitrogen functional groups attached to an aromatic ring is 1. The molecule has 0 radical (unpaired) electrons. The van der Waals surface area contributed by atoms with Gasteiger partial charge in [-0.25, -0.2) is 13.8 Å². The first-order chi connectivity index (χ1) is 8.45. The summed E-state index contributed by atoms with van der Waals surface area (Å²) in [6.07, 6.45) is 0.874. The third-order valence-electron chi connectivity index (χ3n) is 2.65. The van der Waals surface area contributed by atoms with E-state index in [0.29, 0.717) is 13.1 Å². The molecule has 0 aromatic carbocycles. The molecule has 0 fully saturated rings. The van der Waals surface area contributed by atoms with Crippen molar-refractivity contribution in [2.75, 3.05) is 44.4 Å². The van der Waals surface area contributed by atoms with Crippen molar-refractivity contribution in [3.05, 3.63) is 17.7 Å². The van der Waals surface area contributed by atoms with Crippen molar-refractivity contribution in [1.29, 1.82) is 0 Å². The molecule has 0 spiro atoms. The van der Waals surface area contributed by atoms with Crippen molar-refractivity contribution in [3.8, 4) is 0 Å². The molecule has 0 aliphatic heterocycles. The van der Waals surface area contributed by atoms with Gasteiger partial charge < -0.3 is 15.5 Å². The van der Waals surface area contributed by atoms with E-state index in [9.17, 15) is 8.78 Å². The van der Waals surface area contributed by atoms with E-state index in [4.69, 9.17) is 5.73 Å². The monoisotopic (exact) mass is 258 g/mol. The van der Waals surface area contributed by atoms with Gasteiger partial charge in [-0.2, -0.15) is 0 Å². The Morgan fingerprint density at radius 1 is 1.22 bits per heavy atom. The summed E-state index contributed by atoms with van der Waals surface area (Å²) >= 11 is 0. The van der Waals surface area contributed by atoms with E-state index in [2.05, 4.69) is 9.88 Å². The van der Waals surface area contributed by atoms with Crippen molar-refractivity contribution < 1.29 is 8.78 Å². The second kappa shape index (κ2) is 6.49. The second-order valence-corrected chi connectivity index (χ2v) is 4.40. The largest absolute Gasteiger partial charge is 0.381 e. The zero-order valence-electron chi connectivity index (χ0n) is 11.1. The number of anilines is 2. The van der Waals surface area contributed by atoms with Crippen molar-refractivity contribution in [1.82, 2.24) is 9.88 Å². The van der Waals surface area contributed by atoms with Crippen LogP contribution in [0.15, 0.2) is 6.07 Å². The van der Waals surface area contributed by atoms with Crippen LogP contribution in [0.5, 0.6) is 0 Å². The third-order valence-corrected chi connectivity index (χ3v) is 2.65. The van der Waals surface area contributed by atoms with Crippen LogP contribution in [0, 0.1) is 11.6 Å². The Morgan fingerprint density at radius 3 is 2.44 bits per heavy atom. The Hall–Kier alpha value is -1.43. The van der Waals surface area contributed by atoms with Gasteiger partial charge in [0, 0.05) is 19.2 Å². The lowest BCUT2D eigenvalue weighted by molar-refractivity contribution is 0.400. The number of pyridine rings is 1. The van der Waals surface area contributed by atoms with Crippen LogP contribution in [0.2, 0.25) is 0 Å². The fraction of sp³-hybridized carbons (Fsp3) is 0.583. The summed E-state index contributed by atoms with van der Waals surface area (Å²) in [6, 6.07) is 0.784. The highest BCUT2D eigenvalue weighted by Crippen LogP contribution is 2.20. The lowest BCUT2D eigenvalue weighted by Gasteiger charge is -2.23. The predicted molar refractivity (Wildman–Crippen MR) is 69.6 cm³/mol. The maximum atomic E-state index is 13.6. The van der Waals surface area contributed by atoms with Crippen molar-refractivity contribution in [3.63, 3.8) is 0 Å². The van der Waals surface area contributed by atoms with Gasteiger partial charge >= 0.3 is 0 Å². The minimum Gasteiger partial charge on any atom is -0.381 e. The maximum absolute atomic E-state index is 13.6. The van der Waals surface area contributed by atoms with Crippen molar-refractivity contribution >= 4 is 11.6 Å². The second-order valence-electron chi connectivity index (χ2n) is 4.40. The first kappa shape index (κ1) is 14.6.